The van der Waals surface area contributed by atoms with Gasteiger partial charge in [0.25, 0.3) is 6.02 Å². The zero-order valence-electron chi connectivity index (χ0n) is 19.4. The minimum Gasteiger partial charge on any atom is -0.459 e. The molecule has 6 heteroatoms. The fourth-order valence-electron chi connectivity index (χ4n) is 3.14. The number of hydrogen-bond acceptors (Lipinski definition) is 5. The first kappa shape index (κ1) is 28.0. The Morgan fingerprint density at radius 3 is 2.16 bits per heavy atom. The SMILES string of the molecule is C=O.C=O.CN=C(N[C@@H](CCN)c1ccccc1)OC(C)(C)C(C)c1cccc(C)c1. The second-order valence-electron chi connectivity index (χ2n) is 7.56. The molecule has 0 aromatic heterocycles. The largest absolute Gasteiger partial charge is 0.459 e. The highest BCUT2D eigenvalue weighted by atomic mass is 16.5. The van der Waals surface area contributed by atoms with Crippen LogP contribution in [-0.2, 0) is 14.3 Å². The maximum absolute atomic E-state index is 8.00. The van der Waals surface area contributed by atoms with Crippen LogP contribution in [0.2, 0.25) is 0 Å². The first-order chi connectivity index (χ1) is 14.9. The lowest BCUT2D eigenvalue weighted by Gasteiger charge is -2.34. The van der Waals surface area contributed by atoms with Crippen LogP contribution >= 0.6 is 0 Å². The van der Waals surface area contributed by atoms with Crippen molar-refractivity contribution in [3.8, 4) is 0 Å². The Bertz CT molecular complexity index is 777. The Morgan fingerprint density at radius 2 is 1.65 bits per heavy atom. The molecule has 0 fully saturated rings. The molecule has 0 aliphatic rings. The van der Waals surface area contributed by atoms with Crippen molar-refractivity contribution in [1.82, 2.24) is 5.32 Å². The van der Waals surface area contributed by atoms with E-state index >= 15 is 0 Å². The van der Waals surface area contributed by atoms with Gasteiger partial charge >= 0.3 is 0 Å². The third-order valence-corrected chi connectivity index (χ3v) is 5.10. The van der Waals surface area contributed by atoms with Crippen molar-refractivity contribution in [2.75, 3.05) is 13.6 Å². The molecule has 0 heterocycles. The first-order valence-electron chi connectivity index (χ1n) is 10.2. The highest BCUT2D eigenvalue weighted by molar-refractivity contribution is 5.74. The summed E-state index contributed by atoms with van der Waals surface area (Å²) >= 11 is 0. The van der Waals surface area contributed by atoms with Crippen molar-refractivity contribution >= 4 is 19.6 Å². The van der Waals surface area contributed by atoms with Crippen LogP contribution in [0.25, 0.3) is 0 Å². The molecule has 0 saturated heterocycles. The number of carbonyl (C=O) groups is 2. The lowest BCUT2D eigenvalue weighted by atomic mass is 9.85. The normalized spacial score (nSPS) is 12.9. The van der Waals surface area contributed by atoms with Gasteiger partial charge in [-0.05, 0) is 44.9 Å². The first-order valence-corrected chi connectivity index (χ1v) is 10.2. The number of nitrogens with zero attached hydrogens (tertiary/aromatic N) is 1. The van der Waals surface area contributed by atoms with Gasteiger partial charge in [-0.2, -0.15) is 0 Å². The summed E-state index contributed by atoms with van der Waals surface area (Å²) < 4.78 is 6.34. The molecule has 2 atom stereocenters. The minimum absolute atomic E-state index is 0.0694. The summed E-state index contributed by atoms with van der Waals surface area (Å²) in [5, 5.41) is 3.44. The molecular formula is C25H37N3O3. The summed E-state index contributed by atoms with van der Waals surface area (Å²) in [4.78, 5) is 20.4. The predicted molar refractivity (Wildman–Crippen MR) is 128 cm³/mol. The second kappa shape index (κ2) is 14.9. The van der Waals surface area contributed by atoms with E-state index in [1.807, 2.05) is 31.8 Å². The van der Waals surface area contributed by atoms with Gasteiger partial charge in [0.15, 0.2) is 0 Å². The lowest BCUT2D eigenvalue weighted by Crippen LogP contribution is -2.41. The summed E-state index contributed by atoms with van der Waals surface area (Å²) in [6.07, 6.45) is 0.806. The number of nitrogens with one attached hydrogen (secondary N) is 1. The molecule has 0 aliphatic heterocycles. The fraction of sp³-hybridized carbons (Fsp3) is 0.400. The Labute approximate surface area is 186 Å². The van der Waals surface area contributed by atoms with Gasteiger partial charge < -0.3 is 25.4 Å². The van der Waals surface area contributed by atoms with Gasteiger partial charge in [0.2, 0.25) is 0 Å². The molecule has 3 N–H and O–H groups in total. The maximum atomic E-state index is 8.00. The number of aliphatic imine (C=N–C) groups is 1. The van der Waals surface area contributed by atoms with E-state index < -0.39 is 5.60 Å². The predicted octanol–water partition coefficient (Wildman–Crippen LogP) is 4.19. The third kappa shape index (κ3) is 9.13. The average Bonchev–Trinajstić information content (AvgIpc) is 2.80. The molecule has 2 aromatic carbocycles. The zero-order chi connectivity index (χ0) is 23.9. The zero-order valence-corrected chi connectivity index (χ0v) is 19.4. The number of carbonyl (C=O) groups excluding carboxylic acids is 2. The summed E-state index contributed by atoms with van der Waals surface area (Å²) in [7, 11) is 1.75. The van der Waals surface area contributed by atoms with Crippen LogP contribution in [0.1, 0.15) is 55.8 Å². The van der Waals surface area contributed by atoms with Crippen LogP contribution < -0.4 is 11.1 Å². The van der Waals surface area contributed by atoms with Gasteiger partial charge in [-0.15, -0.1) is 0 Å². The average molecular weight is 428 g/mol. The molecular weight excluding hydrogens is 390 g/mol. The molecule has 0 saturated carbocycles. The third-order valence-electron chi connectivity index (χ3n) is 5.10. The van der Waals surface area contributed by atoms with Crippen LogP contribution in [0.3, 0.4) is 0 Å². The second-order valence-corrected chi connectivity index (χ2v) is 7.56. The van der Waals surface area contributed by atoms with Crippen molar-refractivity contribution in [2.24, 2.45) is 10.7 Å². The molecule has 0 bridgehead atoms. The Morgan fingerprint density at radius 1 is 1.06 bits per heavy atom. The van der Waals surface area contributed by atoms with Crippen LogP contribution in [-0.4, -0.2) is 38.8 Å². The van der Waals surface area contributed by atoms with Gasteiger partial charge in [-0.1, -0.05) is 67.1 Å². The minimum atomic E-state index is -0.417. The van der Waals surface area contributed by atoms with Crippen LogP contribution in [0, 0.1) is 6.92 Å². The van der Waals surface area contributed by atoms with E-state index in [4.69, 9.17) is 20.1 Å². The number of benzene rings is 2. The smallest absolute Gasteiger partial charge is 0.285 e. The Balaban J connectivity index is 0.00000212. The molecule has 0 amide bonds. The maximum Gasteiger partial charge on any atom is 0.285 e. The Kier molecular flexibility index (Phi) is 13.5. The van der Waals surface area contributed by atoms with Crippen molar-refractivity contribution < 1.29 is 14.3 Å². The van der Waals surface area contributed by atoms with Crippen LogP contribution in [0.4, 0.5) is 0 Å². The molecule has 0 spiro atoms. The summed E-state index contributed by atoms with van der Waals surface area (Å²) in [6, 6.07) is 19.5. The van der Waals surface area contributed by atoms with Crippen molar-refractivity contribution in [3.63, 3.8) is 0 Å². The molecule has 0 aliphatic carbocycles. The topological polar surface area (TPSA) is 93.8 Å². The van der Waals surface area contributed by atoms with Crippen LogP contribution in [0.5, 0.6) is 0 Å². The summed E-state index contributed by atoms with van der Waals surface area (Å²) in [5.41, 5.74) is 9.11. The van der Waals surface area contributed by atoms with E-state index in [9.17, 15) is 0 Å². The van der Waals surface area contributed by atoms with Crippen molar-refractivity contribution in [2.45, 2.75) is 51.7 Å². The van der Waals surface area contributed by atoms with Crippen LogP contribution in [0.15, 0.2) is 59.6 Å². The highest BCUT2D eigenvalue weighted by Crippen LogP contribution is 2.31. The number of ether oxygens (including phenoxy) is 1. The van der Waals surface area contributed by atoms with E-state index in [2.05, 4.69) is 74.4 Å². The van der Waals surface area contributed by atoms with Gasteiger partial charge in [0.1, 0.15) is 19.2 Å². The highest BCUT2D eigenvalue weighted by Gasteiger charge is 2.31. The standard InChI is InChI=1S/C23H33N3O.2CH2O/c1-17-10-9-13-20(16-17)18(2)23(3,4)27-22(25-5)26-21(14-15-24)19-11-7-6-8-12-19;2*1-2/h6-13,16,18,21H,14-15,24H2,1-5H3,(H,25,26);2*1H2/t18?,21-;;/m0../s1. The number of amidine groups is 1. The van der Waals surface area contributed by atoms with Gasteiger partial charge in [-0.25, -0.2) is 4.99 Å². The Hall–Kier alpha value is -2.99. The van der Waals surface area contributed by atoms with Crippen molar-refractivity contribution in [3.05, 3.63) is 71.3 Å². The molecule has 1 unspecified atom stereocenters. The van der Waals surface area contributed by atoms with E-state index in [0.717, 1.165) is 6.42 Å². The molecule has 2 aromatic rings. The number of hydrogen-bond donors (Lipinski definition) is 2. The number of aryl methyl sites for hydroxylation is 1. The quantitative estimate of drug-likeness (QED) is 0.510. The number of nitrogens with two attached hydrogens (primary N) is 1. The van der Waals surface area contributed by atoms with E-state index in [-0.39, 0.29) is 12.0 Å². The monoisotopic (exact) mass is 427 g/mol. The summed E-state index contributed by atoms with van der Waals surface area (Å²) in [5.74, 6) is 0.209. The lowest BCUT2D eigenvalue weighted by molar-refractivity contribution is -0.0987. The number of rotatable bonds is 7. The molecule has 31 heavy (non-hydrogen) atoms. The van der Waals surface area contributed by atoms with E-state index in [1.54, 1.807) is 7.05 Å². The van der Waals surface area contributed by atoms with Gasteiger partial charge in [0.05, 0.1) is 6.04 Å². The van der Waals surface area contributed by atoms with Gasteiger partial charge in [0, 0.05) is 13.0 Å². The molecule has 170 valence electrons. The fourth-order valence-corrected chi connectivity index (χ4v) is 3.14. The summed E-state index contributed by atoms with van der Waals surface area (Å²) in [6.45, 7) is 13.1. The molecule has 6 nitrogen and oxygen atoms in total. The van der Waals surface area contributed by atoms with E-state index in [0.29, 0.717) is 12.6 Å². The van der Waals surface area contributed by atoms with E-state index in [1.165, 1.54) is 16.7 Å². The van der Waals surface area contributed by atoms with Gasteiger partial charge in [-0.3, -0.25) is 0 Å². The molecule has 2 rings (SSSR count). The molecule has 0 radical (unpaired) electrons. The van der Waals surface area contributed by atoms with Crippen molar-refractivity contribution in [1.29, 1.82) is 0 Å².